The van der Waals surface area contributed by atoms with Crippen LogP contribution in [-0.2, 0) is 10.0 Å². The predicted octanol–water partition coefficient (Wildman–Crippen LogP) is 2.39. The highest BCUT2D eigenvalue weighted by atomic mass is 32.2. The van der Waals surface area contributed by atoms with Gasteiger partial charge in [0.25, 0.3) is 10.0 Å². The van der Waals surface area contributed by atoms with Crippen LogP contribution < -0.4 is 15.2 Å². The lowest BCUT2D eigenvalue weighted by Crippen LogP contribution is -2.14. The maximum absolute atomic E-state index is 12.3. The van der Waals surface area contributed by atoms with E-state index in [1.54, 1.807) is 24.3 Å². The molecule has 0 bridgehead atoms. The van der Waals surface area contributed by atoms with E-state index in [1.165, 1.54) is 19.2 Å². The number of hydrogen-bond acceptors (Lipinski definition) is 4. The van der Waals surface area contributed by atoms with Gasteiger partial charge in [0, 0.05) is 5.69 Å². The summed E-state index contributed by atoms with van der Waals surface area (Å²) < 4.78 is 32.3. The first-order chi connectivity index (χ1) is 9.42. The number of hydrogen-bond donors (Lipinski definition) is 2. The second-order valence-corrected chi connectivity index (χ2v) is 6.06. The van der Waals surface area contributed by atoms with Crippen LogP contribution in [0.25, 0.3) is 0 Å². The molecule has 0 unspecified atom stereocenters. The molecule has 0 atom stereocenters. The third-order valence-corrected chi connectivity index (χ3v) is 4.13. The van der Waals surface area contributed by atoms with Gasteiger partial charge in [-0.2, -0.15) is 0 Å². The monoisotopic (exact) mass is 292 g/mol. The zero-order valence-electron chi connectivity index (χ0n) is 11.3. The van der Waals surface area contributed by atoms with Crippen molar-refractivity contribution in [3.05, 3.63) is 48.0 Å². The fourth-order valence-electron chi connectivity index (χ4n) is 1.79. The average Bonchev–Trinajstić information content (AvgIpc) is 2.38. The predicted molar refractivity (Wildman–Crippen MR) is 79.4 cm³/mol. The van der Waals surface area contributed by atoms with Gasteiger partial charge in [-0.05, 0) is 42.8 Å². The van der Waals surface area contributed by atoms with Crippen LogP contribution in [-0.4, -0.2) is 15.5 Å². The van der Waals surface area contributed by atoms with Gasteiger partial charge in [-0.15, -0.1) is 0 Å². The number of aryl methyl sites for hydroxylation is 1. The molecule has 0 spiro atoms. The number of rotatable bonds is 4. The van der Waals surface area contributed by atoms with E-state index in [1.807, 2.05) is 13.0 Å². The number of benzene rings is 2. The van der Waals surface area contributed by atoms with Crippen molar-refractivity contribution in [2.75, 3.05) is 17.6 Å². The molecule has 0 radical (unpaired) electrons. The molecule has 2 rings (SSSR count). The molecule has 6 heteroatoms. The number of ether oxygens (including phenoxy) is 1. The van der Waals surface area contributed by atoms with E-state index in [-0.39, 0.29) is 4.90 Å². The van der Waals surface area contributed by atoms with Gasteiger partial charge in [0.1, 0.15) is 5.75 Å². The zero-order chi connectivity index (χ0) is 14.8. The Hall–Kier alpha value is -2.21. The molecule has 106 valence electrons. The molecule has 2 aromatic rings. The van der Waals surface area contributed by atoms with Gasteiger partial charge >= 0.3 is 0 Å². The van der Waals surface area contributed by atoms with Gasteiger partial charge in [0.15, 0.2) is 0 Å². The van der Waals surface area contributed by atoms with Gasteiger partial charge in [0.2, 0.25) is 0 Å². The summed E-state index contributed by atoms with van der Waals surface area (Å²) >= 11 is 0. The van der Waals surface area contributed by atoms with Crippen molar-refractivity contribution in [1.82, 2.24) is 0 Å². The Balaban J connectivity index is 2.40. The van der Waals surface area contributed by atoms with Crippen molar-refractivity contribution in [3.63, 3.8) is 0 Å². The first kappa shape index (κ1) is 14.2. The van der Waals surface area contributed by atoms with Gasteiger partial charge in [-0.1, -0.05) is 12.1 Å². The van der Waals surface area contributed by atoms with Gasteiger partial charge in [0.05, 0.1) is 17.7 Å². The van der Waals surface area contributed by atoms with Crippen molar-refractivity contribution < 1.29 is 13.2 Å². The van der Waals surface area contributed by atoms with Crippen LogP contribution in [0.5, 0.6) is 5.75 Å². The molecule has 0 saturated heterocycles. The molecule has 0 amide bonds. The summed E-state index contributed by atoms with van der Waals surface area (Å²) in [5, 5.41) is 0. The number of sulfonamides is 1. The van der Waals surface area contributed by atoms with Crippen LogP contribution in [0.15, 0.2) is 47.4 Å². The molecule has 2 aromatic carbocycles. The summed E-state index contributed by atoms with van der Waals surface area (Å²) in [5.74, 6) is 0.412. The molecule has 0 heterocycles. The number of anilines is 2. The van der Waals surface area contributed by atoms with Crippen LogP contribution in [0, 0.1) is 6.92 Å². The Labute approximate surface area is 118 Å². The van der Waals surface area contributed by atoms with Crippen LogP contribution >= 0.6 is 0 Å². The topological polar surface area (TPSA) is 81.4 Å². The molecule has 0 aliphatic heterocycles. The Morgan fingerprint density at radius 2 is 1.90 bits per heavy atom. The molecule has 0 aromatic heterocycles. The first-order valence-corrected chi connectivity index (χ1v) is 7.44. The minimum Gasteiger partial charge on any atom is -0.495 e. The molecular formula is C14H16N2O3S. The van der Waals surface area contributed by atoms with Crippen molar-refractivity contribution in [2.45, 2.75) is 11.8 Å². The number of nitrogens with one attached hydrogen (secondary N) is 1. The van der Waals surface area contributed by atoms with Crippen molar-refractivity contribution >= 4 is 21.4 Å². The molecule has 5 nitrogen and oxygen atoms in total. The summed E-state index contributed by atoms with van der Waals surface area (Å²) in [7, 11) is -2.20. The van der Waals surface area contributed by atoms with Crippen LogP contribution in [0.2, 0.25) is 0 Å². The lowest BCUT2D eigenvalue weighted by atomic mass is 10.2. The SMILES string of the molecule is COc1ccc(N)cc1NS(=O)(=O)c1cccc(C)c1. The van der Waals surface area contributed by atoms with E-state index in [9.17, 15) is 8.42 Å². The minimum absolute atomic E-state index is 0.196. The fourth-order valence-corrected chi connectivity index (χ4v) is 2.96. The highest BCUT2D eigenvalue weighted by Crippen LogP contribution is 2.28. The third kappa shape index (κ3) is 3.03. The quantitative estimate of drug-likeness (QED) is 0.848. The first-order valence-electron chi connectivity index (χ1n) is 5.95. The third-order valence-electron chi connectivity index (χ3n) is 2.77. The van der Waals surface area contributed by atoms with Crippen molar-refractivity contribution in [3.8, 4) is 5.75 Å². The number of nitrogen functional groups attached to an aromatic ring is 1. The van der Waals surface area contributed by atoms with E-state index < -0.39 is 10.0 Å². The second-order valence-electron chi connectivity index (χ2n) is 4.38. The van der Waals surface area contributed by atoms with E-state index in [4.69, 9.17) is 10.5 Å². The van der Waals surface area contributed by atoms with E-state index in [2.05, 4.69) is 4.72 Å². The van der Waals surface area contributed by atoms with E-state index in [0.29, 0.717) is 17.1 Å². The maximum atomic E-state index is 12.3. The maximum Gasteiger partial charge on any atom is 0.262 e. The molecule has 20 heavy (non-hydrogen) atoms. The highest BCUT2D eigenvalue weighted by molar-refractivity contribution is 7.92. The molecule has 0 saturated carbocycles. The standard InChI is InChI=1S/C14H16N2O3S/c1-10-4-3-5-12(8-10)20(17,18)16-13-9-11(15)6-7-14(13)19-2/h3-9,16H,15H2,1-2H3. The molecule has 0 aliphatic rings. The van der Waals surface area contributed by atoms with Crippen LogP contribution in [0.1, 0.15) is 5.56 Å². The Morgan fingerprint density at radius 1 is 1.15 bits per heavy atom. The molecule has 3 N–H and O–H groups in total. The Bertz CT molecular complexity index is 727. The van der Waals surface area contributed by atoms with E-state index in [0.717, 1.165) is 5.56 Å². The van der Waals surface area contributed by atoms with E-state index >= 15 is 0 Å². The summed E-state index contributed by atoms with van der Waals surface area (Å²) in [5.41, 5.74) is 7.31. The number of nitrogens with two attached hydrogens (primary N) is 1. The molecular weight excluding hydrogens is 276 g/mol. The minimum atomic E-state index is -3.67. The lowest BCUT2D eigenvalue weighted by Gasteiger charge is -2.12. The molecule has 0 fully saturated rings. The number of methoxy groups -OCH3 is 1. The van der Waals surface area contributed by atoms with Gasteiger partial charge in [-0.3, -0.25) is 4.72 Å². The summed E-state index contributed by atoms with van der Waals surface area (Å²) in [4.78, 5) is 0.196. The van der Waals surface area contributed by atoms with Crippen molar-refractivity contribution in [1.29, 1.82) is 0 Å². The molecule has 0 aliphatic carbocycles. The normalized spacial score (nSPS) is 11.1. The van der Waals surface area contributed by atoms with Crippen LogP contribution in [0.3, 0.4) is 0 Å². The fraction of sp³-hybridized carbons (Fsp3) is 0.143. The zero-order valence-corrected chi connectivity index (χ0v) is 12.1. The van der Waals surface area contributed by atoms with Gasteiger partial charge in [-0.25, -0.2) is 8.42 Å². The summed E-state index contributed by atoms with van der Waals surface area (Å²) in [6, 6.07) is 11.4. The Kier molecular flexibility index (Phi) is 3.85. The highest BCUT2D eigenvalue weighted by Gasteiger charge is 2.16. The average molecular weight is 292 g/mol. The largest absolute Gasteiger partial charge is 0.495 e. The lowest BCUT2D eigenvalue weighted by molar-refractivity contribution is 0.417. The summed E-state index contributed by atoms with van der Waals surface area (Å²) in [6.07, 6.45) is 0. The second kappa shape index (κ2) is 5.42. The van der Waals surface area contributed by atoms with Crippen molar-refractivity contribution in [2.24, 2.45) is 0 Å². The summed E-state index contributed by atoms with van der Waals surface area (Å²) in [6.45, 7) is 1.83. The van der Waals surface area contributed by atoms with Crippen LogP contribution in [0.4, 0.5) is 11.4 Å². The Morgan fingerprint density at radius 3 is 2.55 bits per heavy atom. The smallest absolute Gasteiger partial charge is 0.262 e. The van der Waals surface area contributed by atoms with Gasteiger partial charge < -0.3 is 10.5 Å².